The van der Waals surface area contributed by atoms with Crippen molar-refractivity contribution in [1.82, 2.24) is 4.98 Å². The quantitative estimate of drug-likeness (QED) is 0.775. The lowest BCUT2D eigenvalue weighted by Gasteiger charge is -2.40. The van der Waals surface area contributed by atoms with Crippen molar-refractivity contribution in [2.45, 2.75) is 0 Å². The van der Waals surface area contributed by atoms with E-state index in [4.69, 9.17) is 21.1 Å². The topological polar surface area (TPSA) is 51.7 Å². The number of carbonyl (C=O) groups is 1. The largest absolute Gasteiger partial charge is 0.493 e. The van der Waals surface area contributed by atoms with Crippen molar-refractivity contribution in [1.29, 1.82) is 0 Å². The van der Waals surface area contributed by atoms with E-state index in [-0.39, 0.29) is 5.82 Å². The lowest BCUT2D eigenvalue weighted by molar-refractivity contribution is 0.0600. The van der Waals surface area contributed by atoms with Crippen molar-refractivity contribution >= 4 is 23.4 Å². The van der Waals surface area contributed by atoms with Gasteiger partial charge in [0.1, 0.15) is 22.9 Å². The Bertz CT molecular complexity index is 733. The second-order valence-corrected chi connectivity index (χ2v) is 5.99. The molecule has 1 saturated heterocycles. The van der Waals surface area contributed by atoms with Crippen LogP contribution in [0.15, 0.2) is 36.5 Å². The van der Waals surface area contributed by atoms with Gasteiger partial charge in [-0.25, -0.2) is 14.2 Å². The first kappa shape index (κ1) is 16.5. The molecule has 126 valence electrons. The van der Waals surface area contributed by atoms with Crippen LogP contribution >= 0.6 is 11.6 Å². The van der Waals surface area contributed by atoms with Crippen LogP contribution in [0.25, 0.3) is 0 Å². The number of carbonyl (C=O) groups excluding carboxylic acids is 1. The summed E-state index contributed by atoms with van der Waals surface area (Å²) >= 11 is 5.91. The van der Waals surface area contributed by atoms with Crippen molar-refractivity contribution in [3.8, 4) is 5.75 Å². The average Bonchev–Trinajstić information content (AvgIpc) is 2.55. The van der Waals surface area contributed by atoms with Crippen molar-refractivity contribution in [3.63, 3.8) is 0 Å². The zero-order valence-corrected chi connectivity index (χ0v) is 13.8. The molecule has 0 amide bonds. The van der Waals surface area contributed by atoms with E-state index < -0.39 is 5.97 Å². The Morgan fingerprint density at radius 3 is 2.75 bits per heavy atom. The molecule has 0 bridgehead atoms. The summed E-state index contributed by atoms with van der Waals surface area (Å²) in [7, 11) is 1.32. The third-order valence-corrected chi connectivity index (χ3v) is 4.00. The molecular weight excluding hydrogens is 335 g/mol. The summed E-state index contributed by atoms with van der Waals surface area (Å²) in [6.45, 7) is 1.93. The van der Waals surface area contributed by atoms with Gasteiger partial charge in [0.2, 0.25) is 0 Å². The third-order valence-electron chi connectivity index (χ3n) is 3.79. The fourth-order valence-corrected chi connectivity index (χ4v) is 2.70. The molecule has 0 unspecified atom stereocenters. The Balaban J connectivity index is 1.58. The van der Waals surface area contributed by atoms with Gasteiger partial charge in [-0.3, -0.25) is 0 Å². The molecule has 0 aliphatic carbocycles. The maximum absolute atomic E-state index is 12.8. The molecule has 0 radical (unpaired) electrons. The minimum absolute atomic E-state index is 0.290. The van der Waals surface area contributed by atoms with Crippen LogP contribution in [-0.2, 0) is 4.74 Å². The van der Waals surface area contributed by atoms with Gasteiger partial charge in [0.15, 0.2) is 0 Å². The number of methoxy groups -OCH3 is 1. The number of aromatic nitrogens is 1. The van der Waals surface area contributed by atoms with Crippen molar-refractivity contribution in [2.75, 3.05) is 31.7 Å². The smallest absolute Gasteiger partial charge is 0.341 e. The molecule has 1 fully saturated rings. The predicted molar refractivity (Wildman–Crippen MR) is 88.2 cm³/mol. The minimum Gasteiger partial charge on any atom is -0.493 e. The molecule has 2 aromatic rings. The average molecular weight is 351 g/mol. The molecule has 0 N–H and O–H groups in total. The molecular formula is C17H16ClFN2O3. The fraction of sp³-hybridized carbons (Fsp3) is 0.294. The number of esters is 1. The van der Waals surface area contributed by atoms with Crippen molar-refractivity contribution in [3.05, 3.63) is 52.9 Å². The summed E-state index contributed by atoms with van der Waals surface area (Å²) < 4.78 is 23.3. The number of hydrogen-bond donors (Lipinski definition) is 0. The van der Waals surface area contributed by atoms with E-state index in [1.807, 2.05) is 4.90 Å². The van der Waals surface area contributed by atoms with Gasteiger partial charge >= 0.3 is 5.97 Å². The summed E-state index contributed by atoms with van der Waals surface area (Å²) in [6, 6.07) is 7.48. The van der Waals surface area contributed by atoms with Crippen LogP contribution in [0.3, 0.4) is 0 Å². The van der Waals surface area contributed by atoms with E-state index in [1.54, 1.807) is 18.2 Å². The summed E-state index contributed by atoms with van der Waals surface area (Å²) in [6.07, 6.45) is 1.51. The lowest BCUT2D eigenvalue weighted by Crippen LogP contribution is -2.50. The highest BCUT2D eigenvalue weighted by atomic mass is 35.5. The summed E-state index contributed by atoms with van der Waals surface area (Å²) in [5, 5.41) is 0.385. The number of ether oxygens (including phenoxy) is 2. The van der Waals surface area contributed by atoms with E-state index >= 15 is 0 Å². The van der Waals surface area contributed by atoms with Gasteiger partial charge in [0.05, 0.1) is 18.7 Å². The van der Waals surface area contributed by atoms with Crippen LogP contribution in [-0.4, -0.2) is 37.8 Å². The van der Waals surface area contributed by atoms with Crippen molar-refractivity contribution in [2.24, 2.45) is 5.92 Å². The van der Waals surface area contributed by atoms with E-state index in [2.05, 4.69) is 4.98 Å². The van der Waals surface area contributed by atoms with E-state index in [1.165, 1.54) is 25.4 Å². The first-order valence-electron chi connectivity index (χ1n) is 7.44. The maximum Gasteiger partial charge on any atom is 0.341 e. The van der Waals surface area contributed by atoms with Crippen LogP contribution < -0.4 is 9.64 Å². The summed E-state index contributed by atoms with van der Waals surface area (Å²) in [4.78, 5) is 18.1. The lowest BCUT2D eigenvalue weighted by atomic mass is 10.0. The molecule has 1 aromatic heterocycles. The predicted octanol–water partition coefficient (Wildman–Crippen LogP) is 3.18. The molecule has 0 atom stereocenters. The third kappa shape index (κ3) is 3.59. The zero-order valence-electron chi connectivity index (χ0n) is 13.0. The molecule has 24 heavy (non-hydrogen) atoms. The van der Waals surface area contributed by atoms with Gasteiger partial charge in [0.25, 0.3) is 0 Å². The molecule has 5 nitrogen and oxygen atoms in total. The van der Waals surface area contributed by atoms with E-state index in [9.17, 15) is 9.18 Å². The molecule has 0 spiro atoms. The first-order valence-corrected chi connectivity index (χ1v) is 7.82. The minimum atomic E-state index is -0.467. The zero-order chi connectivity index (χ0) is 17.1. The van der Waals surface area contributed by atoms with Gasteiger partial charge in [-0.15, -0.1) is 0 Å². The molecule has 0 saturated carbocycles. The highest BCUT2D eigenvalue weighted by molar-refractivity contribution is 6.30. The summed E-state index contributed by atoms with van der Waals surface area (Å²) in [5.74, 6) is 0.740. The monoisotopic (exact) mass is 350 g/mol. The van der Waals surface area contributed by atoms with Gasteiger partial charge in [-0.2, -0.15) is 0 Å². The highest BCUT2D eigenvalue weighted by Crippen LogP contribution is 2.28. The SMILES string of the molecule is COC(=O)c1cc(Cl)cnc1N1CC(COc2ccc(F)cc2)C1. The standard InChI is InChI=1S/C17H16ClFN2O3/c1-23-17(22)15-6-12(18)7-20-16(15)21-8-11(9-21)10-24-14-4-2-13(19)3-5-14/h2-7,11H,8-10H2,1H3. The van der Waals surface area contributed by atoms with E-state index in [0.717, 1.165) is 0 Å². The van der Waals surface area contributed by atoms with E-state index in [0.29, 0.717) is 47.8 Å². The van der Waals surface area contributed by atoms with Gasteiger partial charge in [0, 0.05) is 25.2 Å². The number of hydrogen-bond acceptors (Lipinski definition) is 5. The Morgan fingerprint density at radius 1 is 1.38 bits per heavy atom. The van der Waals surface area contributed by atoms with Gasteiger partial charge < -0.3 is 14.4 Å². The Labute approximate surface area is 144 Å². The second-order valence-electron chi connectivity index (χ2n) is 5.55. The highest BCUT2D eigenvalue weighted by Gasteiger charge is 2.31. The van der Waals surface area contributed by atoms with Crippen LogP contribution in [0, 0.1) is 11.7 Å². The number of anilines is 1. The fourth-order valence-electron chi connectivity index (χ4n) is 2.54. The van der Waals surface area contributed by atoms with Crippen molar-refractivity contribution < 1.29 is 18.7 Å². The normalized spacial score (nSPS) is 14.2. The Morgan fingerprint density at radius 2 is 2.08 bits per heavy atom. The molecule has 3 rings (SSSR count). The molecule has 1 aliphatic rings. The van der Waals surface area contributed by atoms with Crippen LogP contribution in [0.2, 0.25) is 5.02 Å². The first-order chi connectivity index (χ1) is 11.6. The van der Waals surface area contributed by atoms with Crippen LogP contribution in [0.1, 0.15) is 10.4 Å². The Kier molecular flexibility index (Phi) is 4.85. The molecule has 1 aliphatic heterocycles. The van der Waals surface area contributed by atoms with Gasteiger partial charge in [-0.05, 0) is 30.3 Å². The Hall–Kier alpha value is -2.34. The number of pyridine rings is 1. The van der Waals surface area contributed by atoms with Gasteiger partial charge in [-0.1, -0.05) is 11.6 Å². The number of rotatable bonds is 5. The van der Waals surface area contributed by atoms with Crippen LogP contribution in [0.5, 0.6) is 5.75 Å². The maximum atomic E-state index is 12.8. The second kappa shape index (κ2) is 7.05. The number of nitrogens with zero attached hydrogens (tertiary/aromatic N) is 2. The summed E-state index contributed by atoms with van der Waals surface area (Å²) in [5.41, 5.74) is 0.350. The molecule has 2 heterocycles. The van der Waals surface area contributed by atoms with Crippen LogP contribution in [0.4, 0.5) is 10.2 Å². The molecule has 7 heteroatoms. The molecule has 1 aromatic carbocycles. The number of benzene rings is 1. The number of halogens is 2.